The first kappa shape index (κ1) is 15.7. The van der Waals surface area contributed by atoms with E-state index in [1.807, 2.05) is 50.4 Å². The molecule has 2 aromatic carbocycles. The van der Waals surface area contributed by atoms with Gasteiger partial charge >= 0.3 is 0 Å². The van der Waals surface area contributed by atoms with Crippen LogP contribution < -0.4 is 10.0 Å². The maximum Gasteiger partial charge on any atom is 0.241 e. The SMILES string of the molecule is CNCc1cccc(S(=O)(=O)NCc2ccccc2)c1C. The van der Waals surface area contributed by atoms with Crippen molar-refractivity contribution in [2.75, 3.05) is 7.05 Å². The monoisotopic (exact) mass is 304 g/mol. The zero-order chi connectivity index (χ0) is 15.3. The second-order valence-electron chi connectivity index (χ2n) is 4.88. The molecule has 0 amide bonds. The van der Waals surface area contributed by atoms with E-state index in [1.54, 1.807) is 12.1 Å². The van der Waals surface area contributed by atoms with Gasteiger partial charge in [0.05, 0.1) is 4.90 Å². The van der Waals surface area contributed by atoms with E-state index in [9.17, 15) is 8.42 Å². The van der Waals surface area contributed by atoms with E-state index in [0.717, 1.165) is 16.7 Å². The molecule has 4 nitrogen and oxygen atoms in total. The van der Waals surface area contributed by atoms with Crippen LogP contribution in [-0.2, 0) is 23.1 Å². The Hall–Kier alpha value is -1.69. The summed E-state index contributed by atoms with van der Waals surface area (Å²) in [5.74, 6) is 0. The minimum atomic E-state index is -3.51. The summed E-state index contributed by atoms with van der Waals surface area (Å²) in [7, 11) is -1.67. The minimum Gasteiger partial charge on any atom is -0.316 e. The normalized spacial score (nSPS) is 11.5. The Morgan fingerprint density at radius 2 is 1.67 bits per heavy atom. The van der Waals surface area contributed by atoms with Gasteiger partial charge in [0.1, 0.15) is 0 Å². The van der Waals surface area contributed by atoms with Crippen molar-refractivity contribution >= 4 is 10.0 Å². The third kappa shape index (κ3) is 3.91. The fourth-order valence-corrected chi connectivity index (χ4v) is 3.49. The van der Waals surface area contributed by atoms with Gasteiger partial charge in [-0.3, -0.25) is 0 Å². The number of sulfonamides is 1. The molecule has 0 atom stereocenters. The van der Waals surface area contributed by atoms with Crippen molar-refractivity contribution in [3.63, 3.8) is 0 Å². The van der Waals surface area contributed by atoms with Gasteiger partial charge in [-0.05, 0) is 36.7 Å². The van der Waals surface area contributed by atoms with Crippen LogP contribution in [-0.4, -0.2) is 15.5 Å². The van der Waals surface area contributed by atoms with Gasteiger partial charge in [0.15, 0.2) is 0 Å². The largest absolute Gasteiger partial charge is 0.316 e. The van der Waals surface area contributed by atoms with Crippen molar-refractivity contribution in [2.24, 2.45) is 0 Å². The molecule has 0 aromatic heterocycles. The molecule has 5 heteroatoms. The smallest absolute Gasteiger partial charge is 0.241 e. The van der Waals surface area contributed by atoms with Crippen LogP contribution >= 0.6 is 0 Å². The van der Waals surface area contributed by atoms with Crippen LogP contribution in [0.5, 0.6) is 0 Å². The van der Waals surface area contributed by atoms with Crippen LogP contribution in [0.15, 0.2) is 53.4 Å². The van der Waals surface area contributed by atoms with E-state index >= 15 is 0 Å². The number of nitrogens with one attached hydrogen (secondary N) is 2. The number of hydrogen-bond donors (Lipinski definition) is 2. The number of benzene rings is 2. The summed E-state index contributed by atoms with van der Waals surface area (Å²) in [5, 5.41) is 3.05. The van der Waals surface area contributed by atoms with E-state index in [2.05, 4.69) is 10.0 Å². The van der Waals surface area contributed by atoms with Crippen LogP contribution in [0.1, 0.15) is 16.7 Å². The molecule has 0 aliphatic carbocycles. The predicted molar refractivity (Wildman–Crippen MR) is 84.4 cm³/mol. The lowest BCUT2D eigenvalue weighted by Gasteiger charge is -2.12. The fraction of sp³-hybridized carbons (Fsp3) is 0.250. The van der Waals surface area contributed by atoms with Crippen molar-refractivity contribution in [3.8, 4) is 0 Å². The fourth-order valence-electron chi connectivity index (χ4n) is 2.18. The van der Waals surface area contributed by atoms with Gasteiger partial charge in [-0.1, -0.05) is 42.5 Å². The van der Waals surface area contributed by atoms with E-state index in [4.69, 9.17) is 0 Å². The first-order valence-electron chi connectivity index (χ1n) is 6.81. The lowest BCUT2D eigenvalue weighted by Crippen LogP contribution is -2.24. The Morgan fingerprint density at radius 1 is 0.952 bits per heavy atom. The predicted octanol–water partition coefficient (Wildman–Crippen LogP) is 2.19. The Kier molecular flexibility index (Phi) is 5.12. The lowest BCUT2D eigenvalue weighted by atomic mass is 10.1. The zero-order valence-corrected chi connectivity index (χ0v) is 13.1. The van der Waals surface area contributed by atoms with Crippen LogP contribution in [0.4, 0.5) is 0 Å². The van der Waals surface area contributed by atoms with Crippen LogP contribution in [0, 0.1) is 6.92 Å². The second-order valence-corrected chi connectivity index (χ2v) is 6.62. The first-order valence-corrected chi connectivity index (χ1v) is 8.29. The molecule has 0 saturated carbocycles. The maximum absolute atomic E-state index is 12.5. The van der Waals surface area contributed by atoms with Crippen molar-refractivity contribution in [1.82, 2.24) is 10.0 Å². The molecule has 21 heavy (non-hydrogen) atoms. The number of rotatable bonds is 6. The molecule has 0 radical (unpaired) electrons. The van der Waals surface area contributed by atoms with Gasteiger partial charge in [-0.25, -0.2) is 13.1 Å². The van der Waals surface area contributed by atoms with Crippen LogP contribution in [0.25, 0.3) is 0 Å². The molecule has 0 fully saturated rings. The molecule has 0 aliphatic heterocycles. The molecule has 0 aliphatic rings. The highest BCUT2D eigenvalue weighted by Crippen LogP contribution is 2.19. The summed E-state index contributed by atoms with van der Waals surface area (Å²) < 4.78 is 27.6. The molecular formula is C16H20N2O2S. The van der Waals surface area contributed by atoms with Crippen molar-refractivity contribution in [2.45, 2.75) is 24.9 Å². The van der Waals surface area contributed by atoms with E-state index < -0.39 is 10.0 Å². The molecule has 0 bridgehead atoms. The molecule has 0 unspecified atom stereocenters. The third-order valence-corrected chi connectivity index (χ3v) is 4.91. The van der Waals surface area contributed by atoms with Crippen molar-refractivity contribution in [3.05, 3.63) is 65.2 Å². The average Bonchev–Trinajstić information content (AvgIpc) is 2.48. The maximum atomic E-state index is 12.5. The van der Waals surface area contributed by atoms with E-state index in [0.29, 0.717) is 18.0 Å². The van der Waals surface area contributed by atoms with Gasteiger partial charge in [0.2, 0.25) is 10.0 Å². The summed E-state index contributed by atoms with van der Waals surface area (Å²) in [6, 6.07) is 14.8. The molecule has 2 N–H and O–H groups in total. The molecular weight excluding hydrogens is 284 g/mol. The number of hydrogen-bond acceptors (Lipinski definition) is 3. The van der Waals surface area contributed by atoms with Crippen molar-refractivity contribution < 1.29 is 8.42 Å². The molecule has 0 heterocycles. The Balaban J connectivity index is 2.22. The van der Waals surface area contributed by atoms with Crippen LogP contribution in [0.3, 0.4) is 0 Å². The second kappa shape index (κ2) is 6.85. The molecule has 0 saturated heterocycles. The first-order chi connectivity index (χ1) is 10.0. The third-order valence-electron chi connectivity index (χ3n) is 3.36. The summed E-state index contributed by atoms with van der Waals surface area (Å²) in [6.45, 7) is 2.77. The summed E-state index contributed by atoms with van der Waals surface area (Å²) in [5.41, 5.74) is 2.71. The minimum absolute atomic E-state index is 0.291. The molecule has 112 valence electrons. The standard InChI is InChI=1S/C16H20N2O2S/c1-13-15(12-17-2)9-6-10-16(13)21(19,20)18-11-14-7-4-3-5-8-14/h3-10,17-18H,11-12H2,1-2H3. The Labute approximate surface area is 126 Å². The Bertz CT molecular complexity index is 697. The summed E-state index contributed by atoms with van der Waals surface area (Å²) >= 11 is 0. The molecule has 2 rings (SSSR count). The highest BCUT2D eigenvalue weighted by Gasteiger charge is 2.17. The quantitative estimate of drug-likeness (QED) is 0.860. The van der Waals surface area contributed by atoms with Gasteiger partial charge < -0.3 is 5.32 Å². The van der Waals surface area contributed by atoms with Gasteiger partial charge in [-0.15, -0.1) is 0 Å². The van der Waals surface area contributed by atoms with Gasteiger partial charge in [-0.2, -0.15) is 0 Å². The van der Waals surface area contributed by atoms with Gasteiger partial charge in [0, 0.05) is 13.1 Å². The Morgan fingerprint density at radius 3 is 2.33 bits per heavy atom. The topological polar surface area (TPSA) is 58.2 Å². The average molecular weight is 304 g/mol. The van der Waals surface area contributed by atoms with Crippen LogP contribution in [0.2, 0.25) is 0 Å². The van der Waals surface area contributed by atoms with E-state index in [-0.39, 0.29) is 0 Å². The summed E-state index contributed by atoms with van der Waals surface area (Å²) in [4.78, 5) is 0.339. The lowest BCUT2D eigenvalue weighted by molar-refractivity contribution is 0.580. The van der Waals surface area contributed by atoms with E-state index in [1.165, 1.54) is 0 Å². The highest BCUT2D eigenvalue weighted by molar-refractivity contribution is 7.89. The zero-order valence-electron chi connectivity index (χ0n) is 12.3. The highest BCUT2D eigenvalue weighted by atomic mass is 32.2. The van der Waals surface area contributed by atoms with Gasteiger partial charge in [0.25, 0.3) is 0 Å². The van der Waals surface area contributed by atoms with Crippen molar-refractivity contribution in [1.29, 1.82) is 0 Å². The molecule has 0 spiro atoms. The molecule has 2 aromatic rings. The summed E-state index contributed by atoms with van der Waals surface area (Å²) in [6.07, 6.45) is 0.